The molecule has 18 heavy (non-hydrogen) atoms. The third kappa shape index (κ3) is 3.47. The van der Waals surface area contributed by atoms with Crippen LogP contribution >= 0.6 is 0 Å². The topological polar surface area (TPSA) is 40.5 Å². The molecule has 0 aromatic heterocycles. The minimum atomic E-state index is -0.145. The molecule has 3 nitrogen and oxygen atoms in total. The molecule has 0 aromatic carbocycles. The van der Waals surface area contributed by atoms with Crippen molar-refractivity contribution in [2.75, 3.05) is 13.2 Å². The standard InChI is InChI=1S/C15H29NO2/c1-12(2)11-15(7-5-6-8-15)14(18)16(9-10-17)13(3)4/h12-13,17H,5-11H2,1-4H3. The van der Waals surface area contributed by atoms with Crippen molar-refractivity contribution in [2.45, 2.75) is 65.8 Å². The van der Waals surface area contributed by atoms with E-state index in [2.05, 4.69) is 13.8 Å². The maximum atomic E-state index is 12.8. The Labute approximate surface area is 112 Å². The second-order valence-electron chi connectivity index (χ2n) is 6.40. The minimum Gasteiger partial charge on any atom is -0.395 e. The third-order valence-electron chi connectivity index (χ3n) is 4.04. The number of aliphatic hydroxyl groups excluding tert-OH is 1. The Morgan fingerprint density at radius 3 is 2.17 bits per heavy atom. The summed E-state index contributed by atoms with van der Waals surface area (Å²) in [6.45, 7) is 8.98. The SMILES string of the molecule is CC(C)CC1(C(=O)N(CCO)C(C)C)CCCC1. The van der Waals surface area contributed by atoms with E-state index in [-0.39, 0.29) is 24.0 Å². The van der Waals surface area contributed by atoms with Gasteiger partial charge in [-0.1, -0.05) is 26.7 Å². The molecule has 106 valence electrons. The van der Waals surface area contributed by atoms with Crippen LogP contribution in [0.1, 0.15) is 59.8 Å². The molecule has 0 heterocycles. The van der Waals surface area contributed by atoms with Crippen LogP contribution in [-0.4, -0.2) is 35.1 Å². The van der Waals surface area contributed by atoms with Crippen LogP contribution < -0.4 is 0 Å². The molecular weight excluding hydrogens is 226 g/mol. The summed E-state index contributed by atoms with van der Waals surface area (Å²) < 4.78 is 0. The molecule has 3 heteroatoms. The Kier molecular flexibility index (Phi) is 5.64. The number of nitrogens with zero attached hydrogens (tertiary/aromatic N) is 1. The van der Waals surface area contributed by atoms with E-state index in [0.717, 1.165) is 19.3 Å². The van der Waals surface area contributed by atoms with Crippen molar-refractivity contribution in [1.82, 2.24) is 4.90 Å². The minimum absolute atomic E-state index is 0.0572. The fourth-order valence-corrected chi connectivity index (χ4v) is 3.35. The second-order valence-corrected chi connectivity index (χ2v) is 6.40. The quantitative estimate of drug-likeness (QED) is 0.793. The van der Waals surface area contributed by atoms with E-state index in [1.54, 1.807) is 0 Å². The molecule has 1 N–H and O–H groups in total. The molecule has 1 amide bonds. The van der Waals surface area contributed by atoms with Crippen LogP contribution in [0.15, 0.2) is 0 Å². The van der Waals surface area contributed by atoms with Gasteiger partial charge in [0.25, 0.3) is 0 Å². The zero-order valence-corrected chi connectivity index (χ0v) is 12.4. The molecule has 0 spiro atoms. The number of amides is 1. The van der Waals surface area contributed by atoms with Gasteiger partial charge < -0.3 is 10.0 Å². The average Bonchev–Trinajstić information content (AvgIpc) is 2.73. The molecule has 1 saturated carbocycles. The van der Waals surface area contributed by atoms with Gasteiger partial charge in [-0.25, -0.2) is 0 Å². The predicted molar refractivity (Wildman–Crippen MR) is 74.3 cm³/mol. The number of hydrogen-bond acceptors (Lipinski definition) is 2. The Morgan fingerprint density at radius 2 is 1.78 bits per heavy atom. The highest BCUT2D eigenvalue weighted by Crippen LogP contribution is 2.44. The van der Waals surface area contributed by atoms with Crippen molar-refractivity contribution >= 4 is 5.91 Å². The van der Waals surface area contributed by atoms with Crippen molar-refractivity contribution in [1.29, 1.82) is 0 Å². The van der Waals surface area contributed by atoms with Crippen molar-refractivity contribution in [3.8, 4) is 0 Å². The fourth-order valence-electron chi connectivity index (χ4n) is 3.35. The number of hydrogen-bond donors (Lipinski definition) is 1. The van der Waals surface area contributed by atoms with Gasteiger partial charge in [-0.05, 0) is 39.0 Å². The van der Waals surface area contributed by atoms with E-state index in [1.165, 1.54) is 12.8 Å². The third-order valence-corrected chi connectivity index (χ3v) is 4.04. The van der Waals surface area contributed by atoms with Gasteiger partial charge in [-0.2, -0.15) is 0 Å². The highest BCUT2D eigenvalue weighted by Gasteiger charge is 2.43. The molecule has 0 bridgehead atoms. The van der Waals surface area contributed by atoms with Crippen LogP contribution in [0.3, 0.4) is 0 Å². The van der Waals surface area contributed by atoms with E-state index in [1.807, 2.05) is 18.7 Å². The van der Waals surface area contributed by atoms with Crippen LogP contribution in [0.25, 0.3) is 0 Å². The lowest BCUT2D eigenvalue weighted by molar-refractivity contribution is -0.145. The first-order valence-electron chi connectivity index (χ1n) is 7.35. The van der Waals surface area contributed by atoms with Crippen molar-refractivity contribution in [2.24, 2.45) is 11.3 Å². The summed E-state index contributed by atoms with van der Waals surface area (Å²) in [7, 11) is 0. The number of aliphatic hydroxyl groups is 1. The summed E-state index contributed by atoms with van der Waals surface area (Å²) in [4.78, 5) is 14.7. The van der Waals surface area contributed by atoms with Gasteiger partial charge in [0.15, 0.2) is 0 Å². The predicted octanol–water partition coefficient (Wildman–Crippen LogP) is 2.82. The van der Waals surface area contributed by atoms with Crippen molar-refractivity contribution < 1.29 is 9.90 Å². The largest absolute Gasteiger partial charge is 0.395 e. The van der Waals surface area contributed by atoms with E-state index < -0.39 is 0 Å². The van der Waals surface area contributed by atoms with Gasteiger partial charge in [0.05, 0.1) is 6.61 Å². The molecule has 0 unspecified atom stereocenters. The maximum Gasteiger partial charge on any atom is 0.229 e. The van der Waals surface area contributed by atoms with Crippen LogP contribution in [0.4, 0.5) is 0 Å². The Bertz CT molecular complexity index is 268. The van der Waals surface area contributed by atoms with E-state index in [0.29, 0.717) is 12.5 Å². The normalized spacial score (nSPS) is 18.6. The zero-order chi connectivity index (χ0) is 13.8. The molecule has 0 atom stereocenters. The summed E-state index contributed by atoms with van der Waals surface area (Å²) >= 11 is 0. The van der Waals surface area contributed by atoms with Crippen LogP contribution in [0.5, 0.6) is 0 Å². The summed E-state index contributed by atoms with van der Waals surface area (Å²) in [6.07, 6.45) is 5.38. The zero-order valence-electron chi connectivity index (χ0n) is 12.4. The first-order chi connectivity index (χ1) is 8.43. The van der Waals surface area contributed by atoms with Gasteiger partial charge in [0.1, 0.15) is 0 Å². The van der Waals surface area contributed by atoms with Crippen LogP contribution in [-0.2, 0) is 4.79 Å². The number of carbonyl (C=O) groups excluding carboxylic acids is 1. The molecule has 0 aromatic rings. The lowest BCUT2D eigenvalue weighted by atomic mass is 9.77. The van der Waals surface area contributed by atoms with Gasteiger partial charge in [0, 0.05) is 18.0 Å². The molecule has 1 rings (SSSR count). The molecular formula is C15H29NO2. The lowest BCUT2D eigenvalue weighted by Crippen LogP contribution is -2.47. The molecule has 1 aliphatic rings. The first-order valence-corrected chi connectivity index (χ1v) is 7.35. The van der Waals surface area contributed by atoms with Gasteiger partial charge >= 0.3 is 0 Å². The smallest absolute Gasteiger partial charge is 0.229 e. The maximum absolute atomic E-state index is 12.8. The summed E-state index contributed by atoms with van der Waals surface area (Å²) in [6, 6.07) is 0.175. The average molecular weight is 255 g/mol. The lowest BCUT2D eigenvalue weighted by Gasteiger charge is -2.37. The van der Waals surface area contributed by atoms with E-state index in [4.69, 9.17) is 5.11 Å². The molecule has 1 fully saturated rings. The summed E-state index contributed by atoms with van der Waals surface area (Å²) in [5.41, 5.74) is -0.145. The highest BCUT2D eigenvalue weighted by atomic mass is 16.3. The first kappa shape index (κ1) is 15.5. The fraction of sp³-hybridized carbons (Fsp3) is 0.933. The monoisotopic (exact) mass is 255 g/mol. The van der Waals surface area contributed by atoms with Gasteiger partial charge in [0.2, 0.25) is 5.91 Å². The second kappa shape index (κ2) is 6.55. The molecule has 1 aliphatic carbocycles. The van der Waals surface area contributed by atoms with Gasteiger partial charge in [-0.3, -0.25) is 4.79 Å². The molecule has 0 saturated heterocycles. The van der Waals surface area contributed by atoms with Crippen molar-refractivity contribution in [3.63, 3.8) is 0 Å². The van der Waals surface area contributed by atoms with E-state index in [9.17, 15) is 4.79 Å². The van der Waals surface area contributed by atoms with Crippen LogP contribution in [0.2, 0.25) is 0 Å². The van der Waals surface area contributed by atoms with E-state index >= 15 is 0 Å². The Morgan fingerprint density at radius 1 is 1.22 bits per heavy atom. The molecule has 0 aliphatic heterocycles. The summed E-state index contributed by atoms with van der Waals surface area (Å²) in [5, 5.41) is 9.15. The summed E-state index contributed by atoms with van der Waals surface area (Å²) in [5.74, 6) is 0.827. The van der Waals surface area contributed by atoms with Crippen molar-refractivity contribution in [3.05, 3.63) is 0 Å². The highest BCUT2D eigenvalue weighted by molar-refractivity contribution is 5.83. The van der Waals surface area contributed by atoms with Crippen LogP contribution in [0, 0.1) is 11.3 Å². The Balaban J connectivity index is 2.87. The number of rotatable bonds is 6. The van der Waals surface area contributed by atoms with Gasteiger partial charge in [-0.15, -0.1) is 0 Å². The Hall–Kier alpha value is -0.570. The molecule has 0 radical (unpaired) electrons. The number of carbonyl (C=O) groups is 1.